The first-order valence-electron chi connectivity index (χ1n) is 6.63. The maximum atomic E-state index is 6.03. The monoisotopic (exact) mass is 217 g/mol. The van der Waals surface area contributed by atoms with E-state index in [4.69, 9.17) is 5.73 Å². The Labute approximate surface area is 99.0 Å². The lowest BCUT2D eigenvalue weighted by Gasteiger charge is -2.11. The van der Waals surface area contributed by atoms with Crippen LogP contribution in [0.4, 0.5) is 0 Å². The molecule has 1 aliphatic carbocycles. The van der Waals surface area contributed by atoms with Crippen molar-refractivity contribution in [2.75, 3.05) is 0 Å². The summed E-state index contributed by atoms with van der Waals surface area (Å²) in [5, 5.41) is 0. The van der Waals surface area contributed by atoms with Crippen LogP contribution in [0.5, 0.6) is 0 Å². The van der Waals surface area contributed by atoms with E-state index in [2.05, 4.69) is 26.0 Å². The zero-order valence-corrected chi connectivity index (χ0v) is 10.6. The van der Waals surface area contributed by atoms with Crippen molar-refractivity contribution in [2.45, 2.75) is 58.4 Å². The van der Waals surface area contributed by atoms with E-state index < -0.39 is 0 Å². The van der Waals surface area contributed by atoms with Crippen molar-refractivity contribution >= 4 is 0 Å². The molecule has 0 radical (unpaired) electrons. The normalized spacial score (nSPS) is 15.4. The SMILES string of the molecule is CCCc1cc2c(cc1CCC)CC(N)C2. The molecule has 0 heterocycles. The van der Waals surface area contributed by atoms with Gasteiger partial charge in [-0.25, -0.2) is 0 Å². The highest BCUT2D eigenvalue weighted by Crippen LogP contribution is 2.26. The number of hydrogen-bond donors (Lipinski definition) is 1. The first-order valence-corrected chi connectivity index (χ1v) is 6.63. The zero-order chi connectivity index (χ0) is 11.5. The van der Waals surface area contributed by atoms with Crippen LogP contribution < -0.4 is 5.73 Å². The topological polar surface area (TPSA) is 26.0 Å². The lowest BCUT2D eigenvalue weighted by molar-refractivity contribution is 0.721. The molecule has 0 aromatic heterocycles. The fourth-order valence-electron chi connectivity index (χ4n) is 2.81. The lowest BCUT2D eigenvalue weighted by atomic mass is 9.94. The van der Waals surface area contributed by atoms with E-state index in [9.17, 15) is 0 Å². The van der Waals surface area contributed by atoms with Gasteiger partial charge in [-0.2, -0.15) is 0 Å². The summed E-state index contributed by atoms with van der Waals surface area (Å²) in [6, 6.07) is 5.22. The van der Waals surface area contributed by atoms with Crippen molar-refractivity contribution < 1.29 is 0 Å². The maximum absolute atomic E-state index is 6.03. The Morgan fingerprint density at radius 3 is 1.81 bits per heavy atom. The molecule has 0 bridgehead atoms. The molecule has 1 aromatic carbocycles. The second kappa shape index (κ2) is 5.01. The van der Waals surface area contributed by atoms with Gasteiger partial charge in [0.2, 0.25) is 0 Å². The number of benzene rings is 1. The molecule has 0 fully saturated rings. The number of aryl methyl sites for hydroxylation is 2. The quantitative estimate of drug-likeness (QED) is 0.824. The highest BCUT2D eigenvalue weighted by Gasteiger charge is 2.19. The van der Waals surface area contributed by atoms with Crippen molar-refractivity contribution in [3.8, 4) is 0 Å². The van der Waals surface area contributed by atoms with Gasteiger partial charge >= 0.3 is 0 Å². The van der Waals surface area contributed by atoms with Gasteiger partial charge in [-0.3, -0.25) is 0 Å². The minimum Gasteiger partial charge on any atom is -0.327 e. The van der Waals surface area contributed by atoms with Crippen molar-refractivity contribution in [2.24, 2.45) is 5.73 Å². The van der Waals surface area contributed by atoms with Crippen LogP contribution in [0.25, 0.3) is 0 Å². The van der Waals surface area contributed by atoms with Gasteiger partial charge in [0.1, 0.15) is 0 Å². The van der Waals surface area contributed by atoms with Gasteiger partial charge in [0.25, 0.3) is 0 Å². The fraction of sp³-hybridized carbons (Fsp3) is 0.600. The second-order valence-corrected chi connectivity index (χ2v) is 5.06. The Hall–Kier alpha value is -0.820. The number of fused-ring (bicyclic) bond motifs is 1. The first-order chi connectivity index (χ1) is 7.74. The standard InChI is InChI=1S/C15H23N/c1-3-5-11-7-13-9-15(16)10-14(13)8-12(11)6-4-2/h7-8,15H,3-6,9-10,16H2,1-2H3. The maximum Gasteiger partial charge on any atom is 0.0120 e. The summed E-state index contributed by atoms with van der Waals surface area (Å²) in [6.07, 6.45) is 7.08. The fourth-order valence-corrected chi connectivity index (χ4v) is 2.81. The summed E-state index contributed by atoms with van der Waals surface area (Å²) in [5.74, 6) is 0. The molecule has 1 aliphatic rings. The molecule has 0 saturated carbocycles. The highest BCUT2D eigenvalue weighted by atomic mass is 14.6. The predicted molar refractivity (Wildman–Crippen MR) is 69.8 cm³/mol. The molecule has 16 heavy (non-hydrogen) atoms. The van der Waals surface area contributed by atoms with Gasteiger partial charge in [0.15, 0.2) is 0 Å². The molecule has 1 heteroatoms. The third-order valence-corrected chi connectivity index (χ3v) is 3.52. The molecular formula is C15H23N. The van der Waals surface area contributed by atoms with E-state index in [1.807, 2.05) is 0 Å². The predicted octanol–water partition coefficient (Wildman–Crippen LogP) is 3.02. The Morgan fingerprint density at radius 1 is 1.00 bits per heavy atom. The van der Waals surface area contributed by atoms with E-state index >= 15 is 0 Å². The first kappa shape index (κ1) is 11.7. The van der Waals surface area contributed by atoms with E-state index in [1.165, 1.54) is 36.8 Å². The van der Waals surface area contributed by atoms with Gasteiger partial charge in [-0.15, -0.1) is 0 Å². The van der Waals surface area contributed by atoms with E-state index in [1.54, 1.807) is 11.1 Å². The summed E-state index contributed by atoms with van der Waals surface area (Å²) in [7, 11) is 0. The average molecular weight is 217 g/mol. The van der Waals surface area contributed by atoms with Crippen LogP contribution >= 0.6 is 0 Å². The molecule has 1 aromatic rings. The third kappa shape index (κ3) is 2.30. The molecule has 88 valence electrons. The molecule has 0 amide bonds. The second-order valence-electron chi connectivity index (χ2n) is 5.06. The Balaban J connectivity index is 2.33. The van der Waals surface area contributed by atoms with Gasteiger partial charge in [-0.1, -0.05) is 38.8 Å². The number of rotatable bonds is 4. The lowest BCUT2D eigenvalue weighted by Crippen LogP contribution is -2.18. The molecule has 0 saturated heterocycles. The van der Waals surface area contributed by atoms with Crippen molar-refractivity contribution in [1.82, 2.24) is 0 Å². The summed E-state index contributed by atoms with van der Waals surface area (Å²) >= 11 is 0. The van der Waals surface area contributed by atoms with Crippen LogP contribution in [0, 0.1) is 0 Å². The van der Waals surface area contributed by atoms with Crippen LogP contribution in [-0.4, -0.2) is 6.04 Å². The van der Waals surface area contributed by atoms with Gasteiger partial charge in [0.05, 0.1) is 0 Å². The Morgan fingerprint density at radius 2 is 1.44 bits per heavy atom. The van der Waals surface area contributed by atoms with Crippen LogP contribution in [0.2, 0.25) is 0 Å². The van der Waals surface area contributed by atoms with Gasteiger partial charge in [-0.05, 0) is 47.9 Å². The molecule has 2 rings (SSSR count). The number of hydrogen-bond acceptors (Lipinski definition) is 1. The smallest absolute Gasteiger partial charge is 0.0120 e. The van der Waals surface area contributed by atoms with E-state index in [-0.39, 0.29) is 0 Å². The largest absolute Gasteiger partial charge is 0.327 e. The molecular weight excluding hydrogens is 194 g/mol. The zero-order valence-electron chi connectivity index (χ0n) is 10.6. The molecule has 0 atom stereocenters. The van der Waals surface area contributed by atoms with E-state index in [0.29, 0.717) is 6.04 Å². The summed E-state index contributed by atoms with van der Waals surface area (Å²) < 4.78 is 0. The molecule has 0 unspecified atom stereocenters. The van der Waals surface area contributed by atoms with Crippen molar-refractivity contribution in [3.63, 3.8) is 0 Å². The van der Waals surface area contributed by atoms with Crippen LogP contribution in [0.15, 0.2) is 12.1 Å². The van der Waals surface area contributed by atoms with Crippen molar-refractivity contribution in [3.05, 3.63) is 34.4 Å². The van der Waals surface area contributed by atoms with Gasteiger partial charge < -0.3 is 5.73 Å². The Kier molecular flexibility index (Phi) is 3.65. The van der Waals surface area contributed by atoms with Gasteiger partial charge in [0, 0.05) is 6.04 Å². The Bertz CT molecular complexity index is 333. The van der Waals surface area contributed by atoms with Crippen LogP contribution in [0.1, 0.15) is 48.9 Å². The third-order valence-electron chi connectivity index (χ3n) is 3.52. The van der Waals surface area contributed by atoms with Crippen LogP contribution in [0.3, 0.4) is 0 Å². The number of nitrogens with two attached hydrogens (primary N) is 1. The summed E-state index contributed by atoms with van der Waals surface area (Å²) in [4.78, 5) is 0. The molecule has 0 aliphatic heterocycles. The average Bonchev–Trinajstić information content (AvgIpc) is 2.58. The summed E-state index contributed by atoms with van der Waals surface area (Å²) in [6.45, 7) is 4.52. The van der Waals surface area contributed by atoms with Crippen molar-refractivity contribution in [1.29, 1.82) is 0 Å². The minimum atomic E-state index is 0.362. The summed E-state index contributed by atoms with van der Waals surface area (Å²) in [5.41, 5.74) is 12.2. The molecule has 1 nitrogen and oxygen atoms in total. The van der Waals surface area contributed by atoms with Crippen LogP contribution in [-0.2, 0) is 25.7 Å². The molecule has 2 N–H and O–H groups in total. The minimum absolute atomic E-state index is 0.362. The van der Waals surface area contributed by atoms with E-state index in [0.717, 1.165) is 12.8 Å². The highest BCUT2D eigenvalue weighted by molar-refractivity contribution is 5.42. The molecule has 0 spiro atoms.